The number of halogens is 2. The molecule has 0 aliphatic rings. The lowest BCUT2D eigenvalue weighted by Crippen LogP contribution is -2.27. The molecule has 0 bridgehead atoms. The van der Waals surface area contributed by atoms with Gasteiger partial charge >= 0.3 is 0 Å². The first-order chi connectivity index (χ1) is 8.58. The topological polar surface area (TPSA) is 55.1 Å². The van der Waals surface area contributed by atoms with Gasteiger partial charge in [-0.3, -0.25) is 4.79 Å². The smallest absolute Gasteiger partial charge is 0.246 e. The van der Waals surface area contributed by atoms with Gasteiger partial charge in [-0.05, 0) is 45.6 Å². The minimum atomic E-state index is -0.720. The molecule has 1 aromatic heterocycles. The number of carbonyl (C=O) groups excluding carboxylic acids is 1. The number of hydrogen-bond donors (Lipinski definition) is 2. The van der Waals surface area contributed by atoms with Crippen LogP contribution >= 0.6 is 27.3 Å². The van der Waals surface area contributed by atoms with Crippen molar-refractivity contribution in [2.75, 3.05) is 5.32 Å². The van der Waals surface area contributed by atoms with Gasteiger partial charge in [0.25, 0.3) is 0 Å². The summed E-state index contributed by atoms with van der Waals surface area (Å²) in [6, 6.07) is 6.96. The fourth-order valence-electron chi connectivity index (χ4n) is 1.40. The number of benzene rings is 1. The average molecular weight is 329 g/mol. The summed E-state index contributed by atoms with van der Waals surface area (Å²) in [5, 5.41) is 4.51. The Morgan fingerprint density at radius 2 is 2.22 bits per heavy atom. The van der Waals surface area contributed by atoms with Crippen LogP contribution in [0.5, 0.6) is 0 Å². The number of amides is 1. The predicted molar refractivity (Wildman–Crippen MR) is 74.0 cm³/mol. The molecule has 1 atom stereocenters. The number of nitrogens with one attached hydrogen (secondary N) is 1. The van der Waals surface area contributed by atoms with E-state index in [0.717, 1.165) is 4.88 Å². The van der Waals surface area contributed by atoms with Crippen LogP contribution < -0.4 is 11.1 Å². The average Bonchev–Trinajstić information content (AvgIpc) is 2.85. The fourth-order valence-corrected chi connectivity index (χ4v) is 2.57. The zero-order valence-corrected chi connectivity index (χ0v) is 11.6. The molecule has 0 spiro atoms. The first-order valence-electron chi connectivity index (χ1n) is 5.13. The largest absolute Gasteiger partial charge is 0.323 e. The SMILES string of the molecule is NC(C(=O)Nc1ccc(F)cc1Br)c1cccs1. The predicted octanol–water partition coefficient (Wildman–Crippen LogP) is 3.29. The van der Waals surface area contributed by atoms with Crippen LogP contribution in [-0.4, -0.2) is 5.91 Å². The molecule has 1 heterocycles. The van der Waals surface area contributed by atoms with Gasteiger partial charge in [0, 0.05) is 9.35 Å². The third kappa shape index (κ3) is 2.95. The van der Waals surface area contributed by atoms with Gasteiger partial charge < -0.3 is 11.1 Å². The van der Waals surface area contributed by atoms with Gasteiger partial charge in [0.15, 0.2) is 0 Å². The van der Waals surface area contributed by atoms with Crippen molar-refractivity contribution in [3.8, 4) is 0 Å². The highest BCUT2D eigenvalue weighted by molar-refractivity contribution is 9.10. The van der Waals surface area contributed by atoms with Crippen molar-refractivity contribution in [1.29, 1.82) is 0 Å². The molecule has 1 unspecified atom stereocenters. The third-order valence-electron chi connectivity index (χ3n) is 2.32. The monoisotopic (exact) mass is 328 g/mol. The van der Waals surface area contributed by atoms with E-state index in [1.54, 1.807) is 6.07 Å². The maximum Gasteiger partial charge on any atom is 0.246 e. The number of anilines is 1. The molecule has 6 heteroatoms. The second-order valence-corrected chi connectivity index (χ2v) is 5.44. The molecule has 94 valence electrons. The molecule has 3 nitrogen and oxygen atoms in total. The quantitative estimate of drug-likeness (QED) is 0.908. The van der Waals surface area contributed by atoms with Crippen molar-refractivity contribution in [2.24, 2.45) is 5.73 Å². The van der Waals surface area contributed by atoms with Gasteiger partial charge in [-0.15, -0.1) is 11.3 Å². The summed E-state index contributed by atoms with van der Waals surface area (Å²) in [5.74, 6) is -0.702. The number of hydrogen-bond acceptors (Lipinski definition) is 3. The summed E-state index contributed by atoms with van der Waals surface area (Å²) in [4.78, 5) is 12.7. The van der Waals surface area contributed by atoms with Crippen molar-refractivity contribution >= 4 is 38.9 Å². The van der Waals surface area contributed by atoms with Gasteiger partial charge in [0.05, 0.1) is 5.69 Å². The van der Waals surface area contributed by atoms with Crippen LogP contribution in [0.15, 0.2) is 40.2 Å². The number of carbonyl (C=O) groups is 1. The lowest BCUT2D eigenvalue weighted by atomic mass is 10.2. The molecule has 18 heavy (non-hydrogen) atoms. The number of rotatable bonds is 3. The van der Waals surface area contributed by atoms with Crippen LogP contribution in [0.25, 0.3) is 0 Å². The highest BCUT2D eigenvalue weighted by atomic mass is 79.9. The molecule has 1 amide bonds. The van der Waals surface area contributed by atoms with Crippen LogP contribution in [0.2, 0.25) is 0 Å². The molecular formula is C12H10BrFN2OS. The normalized spacial score (nSPS) is 12.2. The Hall–Kier alpha value is -1.24. The molecular weight excluding hydrogens is 319 g/mol. The molecule has 0 aliphatic carbocycles. The molecule has 0 saturated heterocycles. The number of nitrogens with two attached hydrogens (primary N) is 1. The Morgan fingerprint density at radius 3 is 2.83 bits per heavy atom. The standard InChI is InChI=1S/C12H10BrFN2OS/c13-8-6-7(14)3-4-9(8)16-12(17)11(15)10-2-1-5-18-10/h1-6,11H,15H2,(H,16,17). The maximum absolute atomic E-state index is 12.9. The first kappa shape index (κ1) is 13.2. The second-order valence-electron chi connectivity index (χ2n) is 3.61. The van der Waals surface area contributed by atoms with Gasteiger partial charge in [-0.2, -0.15) is 0 Å². The third-order valence-corrected chi connectivity index (χ3v) is 3.93. The van der Waals surface area contributed by atoms with Crippen LogP contribution in [0, 0.1) is 5.82 Å². The second kappa shape index (κ2) is 5.60. The van der Waals surface area contributed by atoms with Crippen LogP contribution in [0.4, 0.5) is 10.1 Å². The highest BCUT2D eigenvalue weighted by Gasteiger charge is 2.17. The van der Waals surface area contributed by atoms with Crippen molar-refractivity contribution < 1.29 is 9.18 Å². The van der Waals surface area contributed by atoms with E-state index in [0.29, 0.717) is 10.2 Å². The van der Waals surface area contributed by atoms with E-state index < -0.39 is 6.04 Å². The van der Waals surface area contributed by atoms with E-state index in [1.807, 2.05) is 11.4 Å². The van der Waals surface area contributed by atoms with E-state index in [1.165, 1.54) is 29.5 Å². The van der Waals surface area contributed by atoms with Gasteiger partial charge in [-0.1, -0.05) is 6.07 Å². The zero-order chi connectivity index (χ0) is 13.1. The minimum absolute atomic E-state index is 0.329. The lowest BCUT2D eigenvalue weighted by molar-refractivity contribution is -0.117. The van der Waals surface area contributed by atoms with Gasteiger partial charge in [0.1, 0.15) is 11.9 Å². The Morgan fingerprint density at radius 1 is 1.44 bits per heavy atom. The summed E-state index contributed by atoms with van der Waals surface area (Å²) in [6.45, 7) is 0. The van der Waals surface area contributed by atoms with Crippen LogP contribution in [0.1, 0.15) is 10.9 Å². The summed E-state index contributed by atoms with van der Waals surface area (Å²) in [6.07, 6.45) is 0. The van der Waals surface area contributed by atoms with Crippen molar-refractivity contribution in [1.82, 2.24) is 0 Å². The summed E-state index contributed by atoms with van der Waals surface area (Å²) >= 11 is 4.60. The van der Waals surface area contributed by atoms with Crippen molar-refractivity contribution in [2.45, 2.75) is 6.04 Å². The molecule has 0 saturated carbocycles. The fraction of sp³-hybridized carbons (Fsp3) is 0.0833. The Kier molecular flexibility index (Phi) is 4.11. The Labute approximate surface area is 116 Å². The van der Waals surface area contributed by atoms with E-state index in [-0.39, 0.29) is 11.7 Å². The summed E-state index contributed by atoms with van der Waals surface area (Å²) in [5.41, 5.74) is 6.31. The van der Waals surface area contributed by atoms with E-state index in [2.05, 4.69) is 21.2 Å². The molecule has 2 rings (SSSR count). The molecule has 0 fully saturated rings. The van der Waals surface area contributed by atoms with Gasteiger partial charge in [-0.25, -0.2) is 4.39 Å². The molecule has 2 aromatic rings. The van der Waals surface area contributed by atoms with Crippen LogP contribution in [0.3, 0.4) is 0 Å². The van der Waals surface area contributed by atoms with E-state index in [4.69, 9.17) is 5.73 Å². The zero-order valence-electron chi connectivity index (χ0n) is 9.19. The Balaban J connectivity index is 2.12. The summed E-state index contributed by atoms with van der Waals surface area (Å²) in [7, 11) is 0. The Bertz CT molecular complexity index is 559. The first-order valence-corrected chi connectivity index (χ1v) is 6.80. The maximum atomic E-state index is 12.9. The molecule has 0 aliphatic heterocycles. The highest BCUT2D eigenvalue weighted by Crippen LogP contribution is 2.25. The van der Waals surface area contributed by atoms with Crippen LogP contribution in [-0.2, 0) is 4.79 Å². The van der Waals surface area contributed by atoms with Gasteiger partial charge in [0.2, 0.25) is 5.91 Å². The molecule has 0 radical (unpaired) electrons. The van der Waals surface area contributed by atoms with E-state index >= 15 is 0 Å². The lowest BCUT2D eigenvalue weighted by Gasteiger charge is -2.11. The summed E-state index contributed by atoms with van der Waals surface area (Å²) < 4.78 is 13.4. The molecule has 3 N–H and O–H groups in total. The van der Waals surface area contributed by atoms with Crippen molar-refractivity contribution in [3.63, 3.8) is 0 Å². The number of thiophene rings is 1. The minimum Gasteiger partial charge on any atom is -0.323 e. The van der Waals surface area contributed by atoms with Crippen molar-refractivity contribution in [3.05, 3.63) is 50.9 Å². The molecule has 1 aromatic carbocycles. The van der Waals surface area contributed by atoms with E-state index in [9.17, 15) is 9.18 Å².